The molecule has 1 aliphatic heterocycles. The van der Waals surface area contributed by atoms with Gasteiger partial charge in [0.25, 0.3) is 5.92 Å². The van der Waals surface area contributed by atoms with Crippen LogP contribution >= 0.6 is 0 Å². The maximum absolute atomic E-state index is 15.1. The first-order valence-electron chi connectivity index (χ1n) is 12.4. The van der Waals surface area contributed by atoms with Crippen molar-refractivity contribution in [1.82, 2.24) is 14.3 Å². The highest BCUT2D eigenvalue weighted by atomic mass is 32.2. The Balaban J connectivity index is 1.63. The van der Waals surface area contributed by atoms with Crippen molar-refractivity contribution in [3.63, 3.8) is 0 Å². The minimum atomic E-state index is -3.73. The molecule has 14 heteroatoms. The van der Waals surface area contributed by atoms with Gasteiger partial charge in [0.2, 0.25) is 10.0 Å². The number of fused-ring (bicyclic) bond motifs is 1. The quantitative estimate of drug-likeness (QED) is 0.369. The van der Waals surface area contributed by atoms with Gasteiger partial charge in [0.15, 0.2) is 11.5 Å². The van der Waals surface area contributed by atoms with Crippen LogP contribution in [-0.2, 0) is 20.7 Å². The molecular formula is C26H31F3N4O6S. The number of halogens is 3. The Morgan fingerprint density at radius 2 is 2.02 bits per heavy atom. The summed E-state index contributed by atoms with van der Waals surface area (Å²) in [7, 11) is -1.91. The van der Waals surface area contributed by atoms with Crippen molar-refractivity contribution in [2.24, 2.45) is 0 Å². The number of alkyl halides is 2. The summed E-state index contributed by atoms with van der Waals surface area (Å²) in [5.41, 5.74) is -0.445. The molecule has 1 aromatic heterocycles. The Kier molecular flexibility index (Phi) is 8.73. The first-order chi connectivity index (χ1) is 18.8. The van der Waals surface area contributed by atoms with E-state index >= 15 is 4.39 Å². The van der Waals surface area contributed by atoms with Crippen LogP contribution in [0.25, 0.3) is 10.9 Å². The number of nitrogens with one attached hydrogen (secondary N) is 1. The van der Waals surface area contributed by atoms with Crippen molar-refractivity contribution >= 4 is 26.7 Å². The molecule has 2 N–H and O–H groups in total. The van der Waals surface area contributed by atoms with Gasteiger partial charge in [0.1, 0.15) is 36.8 Å². The number of rotatable bonds is 10. The molecule has 0 spiro atoms. The minimum absolute atomic E-state index is 0.0371. The van der Waals surface area contributed by atoms with Crippen LogP contribution in [0, 0.1) is 12.7 Å². The highest BCUT2D eigenvalue weighted by Gasteiger charge is 2.35. The van der Waals surface area contributed by atoms with E-state index in [0.717, 1.165) is 12.3 Å². The predicted octanol–water partition coefficient (Wildman–Crippen LogP) is 3.38. The number of morpholine rings is 1. The van der Waals surface area contributed by atoms with Gasteiger partial charge in [-0.05, 0) is 26.0 Å². The van der Waals surface area contributed by atoms with Gasteiger partial charge in [0.05, 0.1) is 37.1 Å². The molecule has 0 radical (unpaired) electrons. The summed E-state index contributed by atoms with van der Waals surface area (Å²) in [6.07, 6.45) is 0.628. The molecule has 1 fully saturated rings. The molecule has 4 rings (SSSR count). The monoisotopic (exact) mass is 584 g/mol. The lowest BCUT2D eigenvalue weighted by Crippen LogP contribution is -2.47. The molecule has 2 aromatic carbocycles. The molecule has 3 aromatic rings. The topological polar surface area (TPSA) is 123 Å². The fourth-order valence-electron chi connectivity index (χ4n) is 4.45. The van der Waals surface area contributed by atoms with Crippen molar-refractivity contribution in [1.29, 1.82) is 0 Å². The van der Waals surface area contributed by atoms with Crippen molar-refractivity contribution in [2.75, 3.05) is 51.6 Å². The lowest BCUT2D eigenvalue weighted by molar-refractivity contribution is -0.0583. The van der Waals surface area contributed by atoms with Crippen LogP contribution in [0.15, 0.2) is 30.3 Å². The lowest BCUT2D eigenvalue weighted by Gasteiger charge is -2.31. The molecule has 0 amide bonds. The zero-order valence-corrected chi connectivity index (χ0v) is 23.3. The summed E-state index contributed by atoms with van der Waals surface area (Å²) < 4.78 is 85.6. The van der Waals surface area contributed by atoms with Crippen LogP contribution in [0.5, 0.6) is 11.5 Å². The summed E-state index contributed by atoms with van der Waals surface area (Å²) in [6.45, 7) is 2.42. The lowest BCUT2D eigenvalue weighted by atomic mass is 10.00. The van der Waals surface area contributed by atoms with E-state index in [-0.39, 0.29) is 31.9 Å². The Bertz CT molecular complexity index is 1490. The third-order valence-electron chi connectivity index (χ3n) is 6.53. The standard InChI is InChI=1S/C26H31F3N4O6S/c1-15(18-6-5-7-20(24(18)27)26(28,29)14-34)30-25-19-10-23(22(37-3)11-21(19)31-16(2)32-25)39-13-17-12-33(8-9-38-17)40(4,35)36/h5-7,10-11,15,17,34H,8-9,12-14H2,1-4H3,(H,30,31,32)/t15-,17-/m1/s1. The molecule has 2 atom stereocenters. The molecule has 2 heterocycles. The predicted molar refractivity (Wildman–Crippen MR) is 142 cm³/mol. The fourth-order valence-corrected chi connectivity index (χ4v) is 5.29. The molecule has 0 unspecified atom stereocenters. The molecule has 0 saturated carbocycles. The zero-order chi connectivity index (χ0) is 29.2. The summed E-state index contributed by atoms with van der Waals surface area (Å²) in [6, 6.07) is 6.09. The minimum Gasteiger partial charge on any atom is -0.493 e. The second-order valence-corrected chi connectivity index (χ2v) is 11.5. The smallest absolute Gasteiger partial charge is 0.298 e. The summed E-state index contributed by atoms with van der Waals surface area (Å²) in [4.78, 5) is 8.88. The van der Waals surface area contributed by atoms with Gasteiger partial charge in [-0.25, -0.2) is 22.8 Å². The fraction of sp³-hybridized carbons (Fsp3) is 0.462. The van der Waals surface area contributed by atoms with E-state index in [1.807, 2.05) is 0 Å². The number of aromatic nitrogens is 2. The van der Waals surface area contributed by atoms with E-state index in [4.69, 9.17) is 19.3 Å². The molecule has 0 aliphatic carbocycles. The first kappa shape index (κ1) is 29.8. The number of methoxy groups -OCH3 is 1. The number of hydrogen-bond donors (Lipinski definition) is 2. The molecule has 40 heavy (non-hydrogen) atoms. The van der Waals surface area contributed by atoms with Crippen LogP contribution < -0.4 is 14.8 Å². The number of nitrogens with zero attached hydrogens (tertiary/aromatic N) is 3. The molecule has 218 valence electrons. The van der Waals surface area contributed by atoms with E-state index in [2.05, 4.69) is 15.3 Å². The van der Waals surface area contributed by atoms with Crippen LogP contribution in [0.4, 0.5) is 19.0 Å². The van der Waals surface area contributed by atoms with Gasteiger partial charge in [-0.1, -0.05) is 12.1 Å². The van der Waals surface area contributed by atoms with Crippen molar-refractivity contribution in [3.8, 4) is 11.5 Å². The number of aryl methyl sites for hydroxylation is 1. The second kappa shape index (κ2) is 11.7. The SMILES string of the molecule is COc1cc2nc(C)nc(N[C@H](C)c3cccc(C(F)(F)CO)c3F)c2cc1OC[C@H]1CN(S(C)(=O)=O)CCO1. The highest BCUT2D eigenvalue weighted by Crippen LogP contribution is 2.37. The van der Waals surface area contributed by atoms with E-state index in [1.165, 1.54) is 23.5 Å². The summed E-state index contributed by atoms with van der Waals surface area (Å²) in [5, 5.41) is 12.6. The number of sulfonamides is 1. The Labute approximate surface area is 230 Å². The molecule has 10 nitrogen and oxygen atoms in total. The Morgan fingerprint density at radius 3 is 2.70 bits per heavy atom. The second-order valence-electron chi connectivity index (χ2n) is 9.50. The summed E-state index contributed by atoms with van der Waals surface area (Å²) >= 11 is 0. The summed E-state index contributed by atoms with van der Waals surface area (Å²) in [5.74, 6) is -3.48. The number of aliphatic hydroxyl groups excluding tert-OH is 1. The third kappa shape index (κ3) is 6.40. The normalized spacial score (nSPS) is 17.6. The van der Waals surface area contributed by atoms with Crippen LogP contribution in [0.1, 0.15) is 29.9 Å². The first-order valence-corrected chi connectivity index (χ1v) is 14.3. The molecule has 0 bridgehead atoms. The number of anilines is 1. The van der Waals surface area contributed by atoms with Gasteiger partial charge in [-0.3, -0.25) is 0 Å². The average molecular weight is 585 g/mol. The maximum Gasteiger partial charge on any atom is 0.298 e. The maximum atomic E-state index is 15.1. The molecule has 1 aliphatic rings. The molecular weight excluding hydrogens is 553 g/mol. The number of aliphatic hydroxyl groups is 1. The van der Waals surface area contributed by atoms with Crippen molar-refractivity contribution in [2.45, 2.75) is 31.9 Å². The van der Waals surface area contributed by atoms with E-state index in [0.29, 0.717) is 34.0 Å². The number of ether oxygens (including phenoxy) is 3. The largest absolute Gasteiger partial charge is 0.493 e. The van der Waals surface area contributed by atoms with E-state index in [9.17, 15) is 17.2 Å². The van der Waals surface area contributed by atoms with E-state index in [1.54, 1.807) is 26.0 Å². The van der Waals surface area contributed by atoms with E-state index < -0.39 is 46.1 Å². The number of benzene rings is 2. The third-order valence-corrected chi connectivity index (χ3v) is 7.80. The van der Waals surface area contributed by atoms with Crippen molar-refractivity contribution < 1.29 is 40.9 Å². The van der Waals surface area contributed by atoms with Gasteiger partial charge in [-0.2, -0.15) is 13.1 Å². The molecule has 1 saturated heterocycles. The van der Waals surface area contributed by atoms with Gasteiger partial charge in [-0.15, -0.1) is 0 Å². The van der Waals surface area contributed by atoms with Crippen LogP contribution in [-0.4, -0.2) is 80.2 Å². The average Bonchev–Trinajstić information content (AvgIpc) is 2.91. The van der Waals surface area contributed by atoms with Crippen LogP contribution in [0.2, 0.25) is 0 Å². The van der Waals surface area contributed by atoms with Crippen molar-refractivity contribution in [3.05, 3.63) is 53.1 Å². The Hall–Kier alpha value is -3.20. The number of hydrogen-bond acceptors (Lipinski definition) is 9. The van der Waals surface area contributed by atoms with Gasteiger partial charge >= 0.3 is 0 Å². The zero-order valence-electron chi connectivity index (χ0n) is 22.4. The highest BCUT2D eigenvalue weighted by molar-refractivity contribution is 7.88. The van der Waals surface area contributed by atoms with Gasteiger partial charge < -0.3 is 24.6 Å². The van der Waals surface area contributed by atoms with Gasteiger partial charge in [0, 0.05) is 30.1 Å². The Morgan fingerprint density at radius 1 is 1.27 bits per heavy atom. The van der Waals surface area contributed by atoms with Crippen LogP contribution in [0.3, 0.4) is 0 Å².